The van der Waals surface area contributed by atoms with E-state index in [1.54, 1.807) is 5.57 Å². The predicted octanol–water partition coefficient (Wildman–Crippen LogP) is 6.79. The molecule has 2 nitrogen and oxygen atoms in total. The second kappa shape index (κ2) is 8.39. The van der Waals surface area contributed by atoms with E-state index in [9.17, 15) is 5.11 Å². The third-order valence-corrected chi connectivity index (χ3v) is 10.2. The SMILES string of the molecule is CO[C@H](/C=C1\CCC[C@]2(C)[C@@H]([C@H](C)/C=C/[C@H](C)C(C)C)CC[C@@H]12)C12CC1CCC2O. The highest BCUT2D eigenvalue weighted by Gasteiger charge is 2.66. The molecule has 0 aromatic heterocycles. The van der Waals surface area contributed by atoms with Gasteiger partial charge in [0.1, 0.15) is 0 Å². The summed E-state index contributed by atoms with van der Waals surface area (Å²) in [5.74, 6) is 4.21. The second-order valence-corrected chi connectivity index (χ2v) is 11.9. The summed E-state index contributed by atoms with van der Waals surface area (Å²) in [5, 5.41) is 10.7. The molecule has 4 aliphatic rings. The van der Waals surface area contributed by atoms with Crippen molar-refractivity contribution in [1.29, 1.82) is 0 Å². The molecule has 0 bridgehead atoms. The number of aliphatic hydroxyl groups is 1. The van der Waals surface area contributed by atoms with Gasteiger partial charge in [-0.1, -0.05) is 58.4 Å². The first kappa shape index (κ1) is 22.6. The lowest BCUT2D eigenvalue weighted by Crippen LogP contribution is -2.37. The Labute approximate surface area is 185 Å². The van der Waals surface area contributed by atoms with Crippen molar-refractivity contribution >= 4 is 0 Å². The fraction of sp³-hybridized carbons (Fsp3) is 0.857. The van der Waals surface area contributed by atoms with Crippen LogP contribution in [0.15, 0.2) is 23.8 Å². The van der Waals surface area contributed by atoms with Crippen LogP contribution in [0, 0.1) is 46.3 Å². The topological polar surface area (TPSA) is 29.5 Å². The van der Waals surface area contributed by atoms with Crippen molar-refractivity contribution in [3.63, 3.8) is 0 Å². The van der Waals surface area contributed by atoms with Crippen LogP contribution in [0.1, 0.15) is 86.0 Å². The number of fused-ring (bicyclic) bond motifs is 2. The third kappa shape index (κ3) is 3.64. The van der Waals surface area contributed by atoms with Gasteiger partial charge in [0.15, 0.2) is 0 Å². The number of hydrogen-bond donors (Lipinski definition) is 1. The average molecular weight is 415 g/mol. The Morgan fingerprint density at radius 2 is 1.83 bits per heavy atom. The third-order valence-electron chi connectivity index (χ3n) is 10.2. The summed E-state index contributed by atoms with van der Waals surface area (Å²) in [7, 11) is 1.86. The molecule has 0 amide bonds. The monoisotopic (exact) mass is 414 g/mol. The highest BCUT2D eigenvalue weighted by atomic mass is 16.5. The quantitative estimate of drug-likeness (QED) is 0.465. The number of rotatable bonds is 7. The van der Waals surface area contributed by atoms with Gasteiger partial charge in [-0.25, -0.2) is 0 Å². The second-order valence-electron chi connectivity index (χ2n) is 11.9. The normalized spacial score (nSPS) is 45.0. The predicted molar refractivity (Wildman–Crippen MR) is 125 cm³/mol. The zero-order valence-electron chi connectivity index (χ0n) is 20.4. The van der Waals surface area contributed by atoms with E-state index in [2.05, 4.69) is 52.8 Å². The van der Waals surface area contributed by atoms with Crippen LogP contribution in [0.5, 0.6) is 0 Å². The van der Waals surface area contributed by atoms with E-state index in [1.807, 2.05) is 7.11 Å². The molecular weight excluding hydrogens is 368 g/mol. The van der Waals surface area contributed by atoms with E-state index in [1.165, 1.54) is 38.5 Å². The van der Waals surface area contributed by atoms with Crippen LogP contribution in [0.2, 0.25) is 0 Å². The largest absolute Gasteiger partial charge is 0.392 e. The molecule has 0 aromatic rings. The lowest BCUT2D eigenvalue weighted by molar-refractivity contribution is 0.000190. The minimum absolute atomic E-state index is 0.0383. The smallest absolute Gasteiger partial charge is 0.0838 e. The zero-order chi connectivity index (χ0) is 21.7. The lowest BCUT2D eigenvalue weighted by Gasteiger charge is -2.44. The summed E-state index contributed by atoms with van der Waals surface area (Å²) in [4.78, 5) is 0. The van der Waals surface area contributed by atoms with Gasteiger partial charge in [0.05, 0.1) is 12.2 Å². The van der Waals surface area contributed by atoms with Crippen LogP contribution in [-0.2, 0) is 4.74 Å². The molecule has 0 saturated heterocycles. The van der Waals surface area contributed by atoms with Gasteiger partial charge in [-0.15, -0.1) is 0 Å². The standard InChI is InChI=1S/C28H46O2/c1-18(2)19(3)9-10-20(4)23-12-13-24-21(8-7-15-27(23,24)5)16-26(30-6)28-17-22(28)11-14-25(28)29/h9-10,16,18-20,22-26,29H,7-8,11-15,17H2,1-6H3/b10-9+,21-16+/t19-,20+,22?,23+,24-,25?,26+,27+,28?/m0/s1. The molecule has 170 valence electrons. The molecule has 4 fully saturated rings. The summed E-state index contributed by atoms with van der Waals surface area (Å²) >= 11 is 0. The number of hydrogen-bond acceptors (Lipinski definition) is 2. The van der Waals surface area contributed by atoms with Crippen LogP contribution < -0.4 is 0 Å². The van der Waals surface area contributed by atoms with Gasteiger partial charge in [-0.3, -0.25) is 0 Å². The molecule has 2 heteroatoms. The van der Waals surface area contributed by atoms with E-state index in [0.29, 0.717) is 35.0 Å². The van der Waals surface area contributed by atoms with Gasteiger partial charge in [0.25, 0.3) is 0 Å². The molecule has 1 N–H and O–H groups in total. The Morgan fingerprint density at radius 1 is 1.07 bits per heavy atom. The number of allylic oxidation sites excluding steroid dienone is 3. The van der Waals surface area contributed by atoms with Crippen molar-refractivity contribution in [2.24, 2.45) is 46.3 Å². The Balaban J connectivity index is 1.52. The molecule has 0 spiro atoms. The maximum absolute atomic E-state index is 10.7. The first-order valence-corrected chi connectivity index (χ1v) is 12.8. The molecule has 9 atom stereocenters. The maximum Gasteiger partial charge on any atom is 0.0838 e. The molecular formula is C28H46O2. The number of ether oxygens (including phenoxy) is 1. The Bertz CT molecular complexity index is 678. The minimum atomic E-state index is -0.163. The van der Waals surface area contributed by atoms with Crippen molar-refractivity contribution in [3.8, 4) is 0 Å². The van der Waals surface area contributed by atoms with E-state index in [4.69, 9.17) is 4.74 Å². The van der Waals surface area contributed by atoms with Crippen molar-refractivity contribution in [2.45, 2.75) is 98.2 Å². The maximum atomic E-state index is 10.7. The van der Waals surface area contributed by atoms with E-state index in [-0.39, 0.29) is 17.6 Å². The molecule has 0 aliphatic heterocycles. The summed E-state index contributed by atoms with van der Waals surface area (Å²) in [5.41, 5.74) is 2.11. The average Bonchev–Trinajstić information content (AvgIpc) is 3.21. The Hall–Kier alpha value is -0.600. The van der Waals surface area contributed by atoms with Crippen molar-refractivity contribution < 1.29 is 9.84 Å². The summed E-state index contributed by atoms with van der Waals surface area (Å²) in [6, 6.07) is 0. The summed E-state index contributed by atoms with van der Waals surface area (Å²) in [6.45, 7) is 12.0. The van der Waals surface area contributed by atoms with Crippen LogP contribution in [0.4, 0.5) is 0 Å². The first-order valence-electron chi connectivity index (χ1n) is 12.8. The van der Waals surface area contributed by atoms with E-state index < -0.39 is 0 Å². The highest BCUT2D eigenvalue weighted by molar-refractivity contribution is 5.26. The van der Waals surface area contributed by atoms with E-state index >= 15 is 0 Å². The van der Waals surface area contributed by atoms with Gasteiger partial charge in [0.2, 0.25) is 0 Å². The van der Waals surface area contributed by atoms with Gasteiger partial charge in [-0.2, -0.15) is 0 Å². The van der Waals surface area contributed by atoms with Crippen LogP contribution >= 0.6 is 0 Å². The van der Waals surface area contributed by atoms with Gasteiger partial charge < -0.3 is 9.84 Å². The van der Waals surface area contributed by atoms with Crippen LogP contribution in [-0.4, -0.2) is 24.4 Å². The highest BCUT2D eigenvalue weighted by Crippen LogP contribution is 2.67. The fourth-order valence-corrected chi connectivity index (χ4v) is 7.80. The Morgan fingerprint density at radius 3 is 2.43 bits per heavy atom. The molecule has 4 rings (SSSR count). The van der Waals surface area contributed by atoms with E-state index in [0.717, 1.165) is 18.8 Å². The van der Waals surface area contributed by atoms with Gasteiger partial charge in [0, 0.05) is 12.5 Å². The Kier molecular flexibility index (Phi) is 6.32. The molecule has 4 aliphatic carbocycles. The molecule has 3 unspecified atom stereocenters. The van der Waals surface area contributed by atoms with Crippen LogP contribution in [0.3, 0.4) is 0 Å². The summed E-state index contributed by atoms with van der Waals surface area (Å²) in [6.07, 6.45) is 17.4. The number of methoxy groups -OCH3 is 1. The summed E-state index contributed by atoms with van der Waals surface area (Å²) < 4.78 is 6.05. The first-order chi connectivity index (χ1) is 14.2. The number of aliphatic hydroxyl groups excluding tert-OH is 1. The van der Waals surface area contributed by atoms with Crippen molar-refractivity contribution in [2.75, 3.05) is 7.11 Å². The van der Waals surface area contributed by atoms with Gasteiger partial charge in [-0.05, 0) is 92.3 Å². The zero-order valence-corrected chi connectivity index (χ0v) is 20.4. The van der Waals surface area contributed by atoms with Crippen LogP contribution in [0.25, 0.3) is 0 Å². The fourth-order valence-electron chi connectivity index (χ4n) is 7.80. The minimum Gasteiger partial charge on any atom is -0.392 e. The molecule has 0 aromatic carbocycles. The van der Waals surface area contributed by atoms with Gasteiger partial charge >= 0.3 is 0 Å². The molecule has 0 radical (unpaired) electrons. The molecule has 0 heterocycles. The van der Waals surface area contributed by atoms with Crippen molar-refractivity contribution in [1.82, 2.24) is 0 Å². The van der Waals surface area contributed by atoms with Crippen molar-refractivity contribution in [3.05, 3.63) is 23.8 Å². The molecule has 4 saturated carbocycles. The lowest BCUT2D eigenvalue weighted by atomic mass is 9.61. The molecule has 30 heavy (non-hydrogen) atoms.